The van der Waals surface area contributed by atoms with E-state index in [4.69, 9.17) is 0 Å². The molecule has 0 aromatic carbocycles. The Hall–Kier alpha value is -1.89. The molecule has 0 atom stereocenters. The number of anilines is 1. The van der Waals surface area contributed by atoms with Crippen molar-refractivity contribution < 1.29 is 9.59 Å². The topological polar surface area (TPSA) is 66.7 Å². The largest absolute Gasteiger partial charge is 0.329 e. The van der Waals surface area contributed by atoms with Crippen molar-refractivity contribution >= 4 is 39.3 Å². The van der Waals surface area contributed by atoms with Crippen LogP contribution in [0.2, 0.25) is 0 Å². The number of imide groups is 1. The molecule has 2 aromatic rings. The molecule has 3 amide bonds. The summed E-state index contributed by atoms with van der Waals surface area (Å²) >= 11 is 3.40. The third-order valence-corrected chi connectivity index (χ3v) is 3.42. The highest BCUT2D eigenvalue weighted by Gasteiger charge is 2.26. The van der Waals surface area contributed by atoms with Crippen molar-refractivity contribution in [3.05, 3.63) is 29.0 Å². The number of fused-ring (bicyclic) bond motifs is 1. The molecule has 3 heterocycles. The lowest BCUT2D eigenvalue weighted by atomic mass is 10.3. The Balaban J connectivity index is 2.07. The number of nitrogens with one attached hydrogen (secondary N) is 1. The number of pyridine rings is 1. The smallest absolute Gasteiger partial charge is 0.285 e. The number of urea groups is 1. The summed E-state index contributed by atoms with van der Waals surface area (Å²) < 4.78 is 2.66. The van der Waals surface area contributed by atoms with Gasteiger partial charge in [-0.3, -0.25) is 19.4 Å². The number of nitrogens with zero attached hydrogens (tertiary/aromatic N) is 3. The molecule has 7 heteroatoms. The number of amides is 3. The Kier molecular flexibility index (Phi) is 2.55. The van der Waals surface area contributed by atoms with Crippen molar-refractivity contribution in [2.45, 2.75) is 6.42 Å². The van der Waals surface area contributed by atoms with Crippen LogP contribution in [0, 0.1) is 0 Å². The summed E-state index contributed by atoms with van der Waals surface area (Å²) in [5.41, 5.74) is 0.734. The van der Waals surface area contributed by atoms with E-state index in [2.05, 4.69) is 26.2 Å². The molecule has 1 saturated heterocycles. The molecular weight excluding hydrogens is 300 g/mol. The van der Waals surface area contributed by atoms with Crippen LogP contribution in [0.4, 0.5) is 10.6 Å². The third kappa shape index (κ3) is 1.67. The summed E-state index contributed by atoms with van der Waals surface area (Å²) in [4.78, 5) is 28.7. The molecule has 1 aliphatic heterocycles. The van der Waals surface area contributed by atoms with Gasteiger partial charge in [-0.25, -0.2) is 9.78 Å². The highest BCUT2D eigenvalue weighted by Crippen LogP contribution is 2.23. The van der Waals surface area contributed by atoms with Crippen LogP contribution in [0.5, 0.6) is 0 Å². The number of hydrogen-bond acceptors (Lipinski definition) is 3. The molecule has 0 aliphatic carbocycles. The second-order valence-electron chi connectivity index (χ2n) is 3.92. The molecule has 1 N–H and O–H groups in total. The minimum absolute atomic E-state index is 0.244. The first-order valence-electron chi connectivity index (χ1n) is 5.40. The zero-order chi connectivity index (χ0) is 12.7. The maximum absolute atomic E-state index is 11.8. The second kappa shape index (κ2) is 4.09. The number of aromatic nitrogens is 2. The number of imidazole rings is 1. The zero-order valence-electron chi connectivity index (χ0n) is 9.26. The highest BCUT2D eigenvalue weighted by atomic mass is 79.9. The van der Waals surface area contributed by atoms with Crippen LogP contribution in [0.1, 0.15) is 6.42 Å². The van der Waals surface area contributed by atoms with E-state index in [1.165, 1.54) is 4.90 Å². The van der Waals surface area contributed by atoms with Crippen molar-refractivity contribution in [1.29, 1.82) is 0 Å². The van der Waals surface area contributed by atoms with Crippen molar-refractivity contribution in [2.24, 2.45) is 0 Å². The fraction of sp³-hybridized carbons (Fsp3) is 0.182. The second-order valence-corrected chi connectivity index (χ2v) is 4.78. The predicted octanol–water partition coefficient (Wildman–Crippen LogP) is 1.54. The summed E-state index contributed by atoms with van der Waals surface area (Å²) in [6, 6.07) is 3.33. The lowest BCUT2D eigenvalue weighted by molar-refractivity contribution is -0.120. The minimum atomic E-state index is -0.409. The number of carbonyl (C=O) groups is 2. The lowest BCUT2D eigenvalue weighted by Gasteiger charge is -2.25. The van der Waals surface area contributed by atoms with Gasteiger partial charge in [0.05, 0.1) is 10.7 Å². The van der Waals surface area contributed by atoms with E-state index in [-0.39, 0.29) is 5.91 Å². The molecule has 18 heavy (non-hydrogen) atoms. The van der Waals surface area contributed by atoms with Gasteiger partial charge in [0, 0.05) is 19.2 Å². The molecule has 0 unspecified atom stereocenters. The number of rotatable bonds is 1. The van der Waals surface area contributed by atoms with Gasteiger partial charge < -0.3 is 0 Å². The van der Waals surface area contributed by atoms with Gasteiger partial charge in [-0.15, -0.1) is 0 Å². The third-order valence-electron chi connectivity index (χ3n) is 2.80. The predicted molar refractivity (Wildman–Crippen MR) is 68.4 cm³/mol. The first kappa shape index (κ1) is 11.2. The van der Waals surface area contributed by atoms with Gasteiger partial charge in [-0.05, 0) is 28.1 Å². The summed E-state index contributed by atoms with van der Waals surface area (Å²) in [5, 5.41) is 2.29. The van der Waals surface area contributed by atoms with Crippen LogP contribution in [-0.2, 0) is 4.79 Å². The van der Waals surface area contributed by atoms with Crippen LogP contribution in [0.15, 0.2) is 29.0 Å². The first-order valence-corrected chi connectivity index (χ1v) is 6.19. The van der Waals surface area contributed by atoms with E-state index >= 15 is 0 Å². The zero-order valence-corrected chi connectivity index (χ0v) is 10.8. The van der Waals surface area contributed by atoms with E-state index in [0.717, 1.165) is 10.1 Å². The van der Waals surface area contributed by atoms with Gasteiger partial charge in [0.1, 0.15) is 5.82 Å². The fourth-order valence-electron chi connectivity index (χ4n) is 1.95. The summed E-state index contributed by atoms with van der Waals surface area (Å²) in [7, 11) is 0. The SMILES string of the molecule is O=C1CCN(c2cnc3c(Br)cccn23)C(=O)N1. The highest BCUT2D eigenvalue weighted by molar-refractivity contribution is 9.10. The van der Waals surface area contributed by atoms with Crippen LogP contribution in [-0.4, -0.2) is 27.9 Å². The minimum Gasteiger partial charge on any atom is -0.285 e. The molecule has 2 aromatic heterocycles. The standard InChI is InChI=1S/C11H9BrN4O2/c12-7-2-1-4-15-9(6-13-10(7)15)16-5-3-8(17)14-11(16)18/h1-2,4,6H,3,5H2,(H,14,17,18). The molecular formula is C11H9BrN4O2. The van der Waals surface area contributed by atoms with Crippen molar-refractivity contribution in [3.63, 3.8) is 0 Å². The van der Waals surface area contributed by atoms with E-state index in [0.29, 0.717) is 18.8 Å². The van der Waals surface area contributed by atoms with Gasteiger partial charge in [-0.2, -0.15) is 0 Å². The molecule has 0 bridgehead atoms. The molecule has 3 rings (SSSR count). The number of halogens is 1. The molecule has 1 fully saturated rings. The Labute approximate surface area is 111 Å². The first-order chi connectivity index (χ1) is 8.66. The summed E-state index contributed by atoms with van der Waals surface area (Å²) in [6.07, 6.45) is 3.74. The van der Waals surface area contributed by atoms with Crippen molar-refractivity contribution in [1.82, 2.24) is 14.7 Å². The molecule has 0 spiro atoms. The Morgan fingerprint density at radius 1 is 1.39 bits per heavy atom. The van der Waals surface area contributed by atoms with Crippen LogP contribution in [0.25, 0.3) is 5.65 Å². The van der Waals surface area contributed by atoms with Gasteiger partial charge in [0.25, 0.3) is 0 Å². The number of hydrogen-bond donors (Lipinski definition) is 1. The van der Waals surface area contributed by atoms with Gasteiger partial charge in [0.2, 0.25) is 5.91 Å². The van der Waals surface area contributed by atoms with Gasteiger partial charge in [0.15, 0.2) is 5.65 Å². The molecule has 1 aliphatic rings. The summed E-state index contributed by atoms with van der Waals surface area (Å²) in [6.45, 7) is 0.366. The van der Waals surface area contributed by atoms with Crippen LogP contribution < -0.4 is 10.2 Å². The van der Waals surface area contributed by atoms with Crippen LogP contribution >= 0.6 is 15.9 Å². The average Bonchev–Trinajstić information content (AvgIpc) is 2.74. The maximum atomic E-state index is 11.8. The quantitative estimate of drug-likeness (QED) is 0.869. The lowest BCUT2D eigenvalue weighted by Crippen LogP contribution is -2.50. The Morgan fingerprint density at radius 2 is 2.22 bits per heavy atom. The van der Waals surface area contributed by atoms with Crippen molar-refractivity contribution in [2.75, 3.05) is 11.4 Å². The van der Waals surface area contributed by atoms with Crippen LogP contribution in [0.3, 0.4) is 0 Å². The molecule has 92 valence electrons. The maximum Gasteiger partial charge on any atom is 0.329 e. The fourth-order valence-corrected chi connectivity index (χ4v) is 2.39. The Morgan fingerprint density at radius 3 is 3.00 bits per heavy atom. The summed E-state index contributed by atoms with van der Waals surface area (Å²) in [5.74, 6) is 0.405. The number of carbonyl (C=O) groups excluding carboxylic acids is 2. The van der Waals surface area contributed by atoms with E-state index < -0.39 is 6.03 Å². The normalized spacial score (nSPS) is 16.2. The molecule has 6 nitrogen and oxygen atoms in total. The van der Waals surface area contributed by atoms with Gasteiger partial charge >= 0.3 is 6.03 Å². The van der Waals surface area contributed by atoms with E-state index in [9.17, 15) is 9.59 Å². The molecule has 0 radical (unpaired) electrons. The van der Waals surface area contributed by atoms with Gasteiger partial charge in [-0.1, -0.05) is 0 Å². The average molecular weight is 309 g/mol. The monoisotopic (exact) mass is 308 g/mol. The Bertz CT molecular complexity index is 652. The van der Waals surface area contributed by atoms with E-state index in [1.807, 2.05) is 18.3 Å². The van der Waals surface area contributed by atoms with E-state index in [1.54, 1.807) is 10.6 Å². The molecule has 0 saturated carbocycles. The van der Waals surface area contributed by atoms with Crippen molar-refractivity contribution in [3.8, 4) is 0 Å².